The largest absolute Gasteiger partial charge is 0.416 e. The topological polar surface area (TPSA) is 64.8 Å². The molecule has 0 amide bonds. The fraction of sp³-hybridized carbons (Fsp3) is 0.600. The summed E-state index contributed by atoms with van der Waals surface area (Å²) in [6.07, 6.45) is -3.42. The van der Waals surface area contributed by atoms with Crippen LogP contribution in [0.3, 0.4) is 0 Å². The molecule has 2 saturated heterocycles. The van der Waals surface area contributed by atoms with Gasteiger partial charge in [0.25, 0.3) is 5.69 Å². The van der Waals surface area contributed by atoms with Crippen molar-refractivity contribution in [1.29, 1.82) is 0 Å². The fourth-order valence-electron chi connectivity index (χ4n) is 3.17. The number of nitro groups is 1. The maximum atomic E-state index is 12.8. The quantitative estimate of drug-likeness (QED) is 0.621. The van der Waals surface area contributed by atoms with Gasteiger partial charge in [0.2, 0.25) is 0 Å². The van der Waals surface area contributed by atoms with E-state index in [1.54, 1.807) is 4.90 Å². The fourth-order valence-corrected chi connectivity index (χ4v) is 3.17. The average molecular weight is 346 g/mol. The number of hydrogen-bond donors (Lipinski definition) is 0. The van der Waals surface area contributed by atoms with Crippen molar-refractivity contribution < 1.29 is 27.6 Å². The molecule has 24 heavy (non-hydrogen) atoms. The van der Waals surface area contributed by atoms with E-state index in [9.17, 15) is 23.3 Å². The normalized spacial score (nSPS) is 20.5. The van der Waals surface area contributed by atoms with Gasteiger partial charge in [-0.05, 0) is 25.0 Å². The molecule has 2 aliphatic rings. The van der Waals surface area contributed by atoms with Crippen LogP contribution in [0.1, 0.15) is 18.4 Å². The van der Waals surface area contributed by atoms with Gasteiger partial charge in [-0.3, -0.25) is 10.1 Å². The second-order valence-corrected chi connectivity index (χ2v) is 5.89. The molecule has 0 aliphatic carbocycles. The smallest absolute Gasteiger partial charge is 0.366 e. The summed E-state index contributed by atoms with van der Waals surface area (Å²) in [5.74, 6) is 0.206. The summed E-state index contributed by atoms with van der Waals surface area (Å²) in [6, 6.07) is 2.67. The van der Waals surface area contributed by atoms with Gasteiger partial charge in [-0.25, -0.2) is 0 Å². The highest BCUT2D eigenvalue weighted by Crippen LogP contribution is 2.38. The second kappa shape index (κ2) is 6.56. The molecular weight excluding hydrogens is 329 g/mol. The predicted molar refractivity (Wildman–Crippen MR) is 78.7 cm³/mol. The minimum Gasteiger partial charge on any atom is -0.366 e. The number of halogens is 3. The maximum absolute atomic E-state index is 12.8. The van der Waals surface area contributed by atoms with E-state index in [1.165, 1.54) is 6.07 Å². The summed E-state index contributed by atoms with van der Waals surface area (Å²) in [5, 5.41) is 11.2. The van der Waals surface area contributed by atoms with Crippen LogP contribution in [-0.2, 0) is 15.7 Å². The Morgan fingerprint density at radius 3 is 2.33 bits per heavy atom. The highest BCUT2D eigenvalue weighted by Gasteiger charge is 2.35. The van der Waals surface area contributed by atoms with Crippen molar-refractivity contribution in [3.8, 4) is 0 Å². The Kier molecular flexibility index (Phi) is 4.64. The van der Waals surface area contributed by atoms with Crippen LogP contribution < -0.4 is 4.90 Å². The van der Waals surface area contributed by atoms with Crippen LogP contribution in [0.15, 0.2) is 18.2 Å². The van der Waals surface area contributed by atoms with E-state index >= 15 is 0 Å². The number of hydrogen-bond acceptors (Lipinski definition) is 5. The third-order valence-corrected chi connectivity index (χ3v) is 4.41. The van der Waals surface area contributed by atoms with Crippen molar-refractivity contribution in [2.24, 2.45) is 5.92 Å². The van der Waals surface area contributed by atoms with Crippen molar-refractivity contribution in [2.45, 2.75) is 25.3 Å². The number of alkyl halides is 3. The van der Waals surface area contributed by atoms with Crippen molar-refractivity contribution in [3.63, 3.8) is 0 Å². The molecule has 1 aromatic carbocycles. The highest BCUT2D eigenvalue weighted by molar-refractivity contribution is 5.64. The van der Waals surface area contributed by atoms with Crippen LogP contribution in [-0.4, -0.2) is 37.5 Å². The van der Waals surface area contributed by atoms with E-state index in [2.05, 4.69) is 0 Å². The molecule has 0 aromatic heterocycles. The average Bonchev–Trinajstić information content (AvgIpc) is 3.08. The molecule has 0 radical (unpaired) electrons. The first kappa shape index (κ1) is 17.0. The molecule has 132 valence electrons. The zero-order valence-electron chi connectivity index (χ0n) is 12.8. The molecule has 3 rings (SSSR count). The predicted octanol–water partition coefficient (Wildman–Crippen LogP) is 3.20. The van der Waals surface area contributed by atoms with Gasteiger partial charge >= 0.3 is 6.18 Å². The Morgan fingerprint density at radius 2 is 1.79 bits per heavy atom. The van der Waals surface area contributed by atoms with Gasteiger partial charge in [0, 0.05) is 25.1 Å². The Hall–Kier alpha value is -1.87. The van der Waals surface area contributed by atoms with Crippen molar-refractivity contribution in [1.82, 2.24) is 0 Å². The van der Waals surface area contributed by atoms with Crippen LogP contribution in [0.25, 0.3) is 0 Å². The Bertz CT molecular complexity index is 609. The van der Waals surface area contributed by atoms with Gasteiger partial charge in [-0.15, -0.1) is 0 Å². The van der Waals surface area contributed by atoms with E-state index in [0.29, 0.717) is 45.2 Å². The molecule has 0 unspecified atom stereocenters. The molecule has 0 bridgehead atoms. The van der Waals surface area contributed by atoms with Crippen molar-refractivity contribution in [2.75, 3.05) is 31.2 Å². The number of ether oxygens (including phenoxy) is 2. The number of piperidine rings is 1. The van der Waals surface area contributed by atoms with E-state index in [4.69, 9.17) is 9.47 Å². The van der Waals surface area contributed by atoms with Crippen LogP contribution in [0, 0.1) is 16.0 Å². The highest BCUT2D eigenvalue weighted by atomic mass is 19.4. The zero-order valence-corrected chi connectivity index (χ0v) is 12.8. The van der Waals surface area contributed by atoms with Gasteiger partial charge in [-0.2, -0.15) is 13.2 Å². The number of benzene rings is 1. The molecule has 0 spiro atoms. The van der Waals surface area contributed by atoms with Crippen LogP contribution >= 0.6 is 0 Å². The maximum Gasteiger partial charge on any atom is 0.416 e. The number of anilines is 1. The van der Waals surface area contributed by atoms with E-state index in [1.807, 2.05) is 0 Å². The Morgan fingerprint density at radius 1 is 1.17 bits per heavy atom. The minimum absolute atomic E-state index is 0.206. The first-order valence-electron chi connectivity index (χ1n) is 7.70. The molecule has 0 atom stereocenters. The lowest BCUT2D eigenvalue weighted by Crippen LogP contribution is -2.38. The molecule has 0 N–H and O–H groups in total. The van der Waals surface area contributed by atoms with E-state index in [-0.39, 0.29) is 17.9 Å². The first-order chi connectivity index (χ1) is 11.4. The monoisotopic (exact) mass is 346 g/mol. The van der Waals surface area contributed by atoms with E-state index < -0.39 is 22.4 Å². The SMILES string of the molecule is O=[N+]([O-])c1cc(C(F)(F)F)ccc1N1CCC(C2OCCO2)CC1. The minimum atomic E-state index is -4.60. The summed E-state index contributed by atoms with van der Waals surface area (Å²) in [6.45, 7) is 2.16. The number of nitrogens with zero attached hydrogens (tertiary/aromatic N) is 2. The zero-order chi connectivity index (χ0) is 17.3. The molecule has 6 nitrogen and oxygen atoms in total. The van der Waals surface area contributed by atoms with Crippen LogP contribution in [0.2, 0.25) is 0 Å². The van der Waals surface area contributed by atoms with Gasteiger partial charge in [0.15, 0.2) is 6.29 Å². The van der Waals surface area contributed by atoms with Crippen molar-refractivity contribution >= 4 is 11.4 Å². The molecule has 2 aliphatic heterocycles. The molecule has 2 fully saturated rings. The molecule has 1 aromatic rings. The summed E-state index contributed by atoms with van der Waals surface area (Å²) in [5.41, 5.74) is -1.31. The van der Waals surface area contributed by atoms with Gasteiger partial charge < -0.3 is 14.4 Å². The van der Waals surface area contributed by atoms with Crippen LogP contribution in [0.5, 0.6) is 0 Å². The van der Waals surface area contributed by atoms with Crippen LogP contribution in [0.4, 0.5) is 24.5 Å². The van der Waals surface area contributed by atoms with Gasteiger partial charge in [0.1, 0.15) is 5.69 Å². The summed E-state index contributed by atoms with van der Waals surface area (Å²) in [7, 11) is 0. The molecule has 0 saturated carbocycles. The number of nitro benzene ring substituents is 1. The Labute approximate surface area is 136 Å². The lowest BCUT2D eigenvalue weighted by molar-refractivity contribution is -0.384. The van der Waals surface area contributed by atoms with Crippen molar-refractivity contribution in [3.05, 3.63) is 33.9 Å². The second-order valence-electron chi connectivity index (χ2n) is 5.89. The number of rotatable bonds is 3. The summed E-state index contributed by atoms with van der Waals surface area (Å²) in [4.78, 5) is 12.2. The Balaban J connectivity index is 1.76. The van der Waals surface area contributed by atoms with Gasteiger partial charge in [-0.1, -0.05) is 0 Å². The third kappa shape index (κ3) is 3.46. The molecule has 9 heteroatoms. The van der Waals surface area contributed by atoms with E-state index in [0.717, 1.165) is 6.07 Å². The standard InChI is InChI=1S/C15H17F3N2O4/c16-15(17,18)11-1-2-12(13(9-11)20(21)22)19-5-3-10(4-6-19)14-23-7-8-24-14/h1-2,9-10,14H,3-8H2. The summed E-state index contributed by atoms with van der Waals surface area (Å²) >= 11 is 0. The lowest BCUT2D eigenvalue weighted by atomic mass is 9.95. The molecular formula is C15H17F3N2O4. The lowest BCUT2D eigenvalue weighted by Gasteiger charge is -2.35. The summed E-state index contributed by atoms with van der Waals surface area (Å²) < 4.78 is 49.2. The first-order valence-corrected chi connectivity index (χ1v) is 7.70. The molecule has 2 heterocycles. The van der Waals surface area contributed by atoms with Gasteiger partial charge in [0.05, 0.1) is 23.7 Å². The third-order valence-electron chi connectivity index (χ3n) is 4.41.